The number of nitrogens with two attached hydrogens (primary N) is 1. The minimum atomic E-state index is 0.787. The minimum absolute atomic E-state index is 0.787. The van der Waals surface area contributed by atoms with E-state index in [-0.39, 0.29) is 0 Å². The zero-order chi connectivity index (χ0) is 20.9. The van der Waals surface area contributed by atoms with Crippen molar-refractivity contribution in [2.24, 2.45) is 0 Å². The average molecular weight is 866 g/mol. The Morgan fingerprint density at radius 3 is 1.75 bits per heavy atom. The van der Waals surface area contributed by atoms with Crippen molar-refractivity contribution in [3.05, 3.63) is 52.5 Å². The van der Waals surface area contributed by atoms with Gasteiger partial charge in [-0.15, -0.1) is 0 Å². The maximum absolute atomic E-state index is 5.54. The molecule has 1 saturated heterocycles. The van der Waals surface area contributed by atoms with Crippen molar-refractivity contribution in [1.29, 1.82) is 0 Å². The van der Waals surface area contributed by atoms with E-state index in [1.807, 2.05) is 18.2 Å². The molecule has 0 spiro atoms. The third kappa shape index (κ3) is 11.2. The normalized spacial score (nSPS) is 12.7. The first-order valence-electron chi connectivity index (χ1n) is 8.91. The average Bonchev–Trinajstić information content (AvgIpc) is 3.19. The quantitative estimate of drug-likeness (QED) is 0.144. The van der Waals surface area contributed by atoms with Gasteiger partial charge in [-0.3, -0.25) is 0 Å². The standard InChI is InChI=1S/C10H11BrIN.C6H5BrIN.C4H8Br2/c11-9-7-8(12)3-4-10(9)13-5-1-2-6-13;7-5-3-4(8)1-2-6(5)9;5-3-1-2-4-6/h3-4,7H,1-2,5-6H2;1-3H,9H2;1-4H2. The molecule has 2 nitrogen and oxygen atoms in total. The van der Waals surface area contributed by atoms with E-state index in [1.54, 1.807) is 0 Å². The van der Waals surface area contributed by atoms with Crippen LogP contribution < -0.4 is 10.6 Å². The van der Waals surface area contributed by atoms with Crippen LogP contribution in [0.25, 0.3) is 0 Å². The molecule has 1 heterocycles. The summed E-state index contributed by atoms with van der Waals surface area (Å²) in [6, 6.07) is 12.4. The van der Waals surface area contributed by atoms with E-state index in [0.29, 0.717) is 0 Å². The van der Waals surface area contributed by atoms with Gasteiger partial charge in [0.15, 0.2) is 0 Å². The molecule has 1 fully saturated rings. The molecule has 8 heteroatoms. The second-order valence-corrected chi connectivity index (χ2v) is 11.8. The largest absolute Gasteiger partial charge is 0.398 e. The molecule has 1 aliphatic heterocycles. The van der Waals surface area contributed by atoms with Gasteiger partial charge in [0.25, 0.3) is 0 Å². The summed E-state index contributed by atoms with van der Waals surface area (Å²) >= 11 is 18.2. The molecule has 0 saturated carbocycles. The third-order valence-corrected chi connectivity index (χ3v) is 7.62. The van der Waals surface area contributed by atoms with Gasteiger partial charge in [-0.2, -0.15) is 0 Å². The Bertz CT molecular complexity index is 707. The van der Waals surface area contributed by atoms with Crippen LogP contribution in [-0.2, 0) is 0 Å². The summed E-state index contributed by atoms with van der Waals surface area (Å²) in [5.41, 5.74) is 7.67. The zero-order valence-corrected chi connectivity index (χ0v) is 26.1. The van der Waals surface area contributed by atoms with E-state index in [9.17, 15) is 0 Å². The van der Waals surface area contributed by atoms with Crippen molar-refractivity contribution in [3.8, 4) is 0 Å². The highest BCUT2D eigenvalue weighted by molar-refractivity contribution is 14.1. The van der Waals surface area contributed by atoms with E-state index in [0.717, 1.165) is 20.8 Å². The van der Waals surface area contributed by atoms with Crippen molar-refractivity contribution in [2.45, 2.75) is 25.7 Å². The van der Waals surface area contributed by atoms with Gasteiger partial charge in [0.2, 0.25) is 0 Å². The lowest BCUT2D eigenvalue weighted by Crippen LogP contribution is -2.17. The molecular formula is C20H24Br4I2N2. The van der Waals surface area contributed by atoms with Crippen LogP contribution in [0.5, 0.6) is 0 Å². The molecule has 0 atom stereocenters. The van der Waals surface area contributed by atoms with Gasteiger partial charge >= 0.3 is 0 Å². The Balaban J connectivity index is 0.000000229. The number of anilines is 2. The van der Waals surface area contributed by atoms with Gasteiger partial charge in [-0.1, -0.05) is 31.9 Å². The molecule has 28 heavy (non-hydrogen) atoms. The first-order chi connectivity index (χ1) is 13.4. The van der Waals surface area contributed by atoms with Crippen LogP contribution in [0, 0.1) is 7.14 Å². The molecule has 0 aromatic heterocycles. The Hall–Kier alpha value is 1.42. The van der Waals surface area contributed by atoms with Crippen molar-refractivity contribution in [3.63, 3.8) is 0 Å². The number of alkyl halides is 2. The fraction of sp³-hybridized carbons (Fsp3) is 0.400. The van der Waals surface area contributed by atoms with Gasteiger partial charge in [-0.05, 0) is 139 Å². The first kappa shape index (κ1) is 27.5. The van der Waals surface area contributed by atoms with Gasteiger partial charge in [0.05, 0.1) is 5.69 Å². The summed E-state index contributed by atoms with van der Waals surface area (Å²) in [5, 5.41) is 2.28. The van der Waals surface area contributed by atoms with E-state index in [4.69, 9.17) is 5.73 Å². The summed E-state index contributed by atoms with van der Waals surface area (Å²) < 4.78 is 4.66. The Morgan fingerprint density at radius 1 is 0.821 bits per heavy atom. The fourth-order valence-corrected chi connectivity index (χ4v) is 6.03. The van der Waals surface area contributed by atoms with Gasteiger partial charge < -0.3 is 10.6 Å². The second-order valence-electron chi connectivity index (χ2n) is 6.04. The van der Waals surface area contributed by atoms with Crippen LogP contribution in [0.15, 0.2) is 45.3 Å². The van der Waals surface area contributed by atoms with Gasteiger partial charge in [0.1, 0.15) is 0 Å². The van der Waals surface area contributed by atoms with Gasteiger partial charge in [-0.25, -0.2) is 0 Å². The topological polar surface area (TPSA) is 29.3 Å². The summed E-state index contributed by atoms with van der Waals surface area (Å²) in [6.07, 6.45) is 5.23. The van der Waals surface area contributed by atoms with E-state index >= 15 is 0 Å². The molecule has 1 aliphatic rings. The zero-order valence-electron chi connectivity index (χ0n) is 15.4. The molecule has 2 N–H and O–H groups in total. The molecule has 2 aromatic carbocycles. The highest BCUT2D eigenvalue weighted by Gasteiger charge is 2.14. The number of hydrogen-bond acceptors (Lipinski definition) is 2. The molecule has 0 aliphatic carbocycles. The third-order valence-electron chi connectivity index (χ3n) is 3.84. The van der Waals surface area contributed by atoms with Crippen LogP contribution in [0.2, 0.25) is 0 Å². The van der Waals surface area contributed by atoms with E-state index in [2.05, 4.69) is 132 Å². The van der Waals surface area contributed by atoms with Crippen molar-refractivity contribution >= 4 is 120 Å². The van der Waals surface area contributed by atoms with Gasteiger partial charge in [0, 0.05) is 45.5 Å². The predicted molar refractivity (Wildman–Crippen MR) is 156 cm³/mol. The smallest absolute Gasteiger partial charge is 0.0511 e. The van der Waals surface area contributed by atoms with Crippen molar-refractivity contribution < 1.29 is 0 Å². The lowest BCUT2D eigenvalue weighted by Gasteiger charge is -2.19. The number of nitrogens with zero attached hydrogens (tertiary/aromatic N) is 1. The molecule has 0 bridgehead atoms. The van der Waals surface area contributed by atoms with Crippen molar-refractivity contribution in [1.82, 2.24) is 0 Å². The van der Waals surface area contributed by atoms with Crippen LogP contribution in [0.1, 0.15) is 25.7 Å². The molecule has 0 radical (unpaired) electrons. The number of hydrogen-bond donors (Lipinski definition) is 1. The molecule has 0 unspecified atom stereocenters. The first-order valence-corrected chi connectivity index (χ1v) is 14.9. The fourth-order valence-electron chi connectivity index (χ4n) is 2.39. The maximum atomic E-state index is 5.54. The number of unbranched alkanes of at least 4 members (excludes halogenated alkanes) is 1. The Morgan fingerprint density at radius 2 is 1.32 bits per heavy atom. The summed E-state index contributed by atoms with van der Waals surface area (Å²) in [4.78, 5) is 2.44. The molecule has 3 rings (SSSR count). The SMILES string of the molecule is BrCCCCBr.Brc1cc(I)ccc1N1CCCC1.Nc1ccc(I)cc1Br. The van der Waals surface area contributed by atoms with Crippen LogP contribution in [0.3, 0.4) is 0 Å². The lowest BCUT2D eigenvalue weighted by molar-refractivity contribution is 0.919. The lowest BCUT2D eigenvalue weighted by atomic mass is 10.3. The summed E-state index contributed by atoms with van der Waals surface area (Å²) in [5.74, 6) is 0. The summed E-state index contributed by atoms with van der Waals surface area (Å²) in [6.45, 7) is 2.42. The second kappa shape index (κ2) is 16.1. The Kier molecular flexibility index (Phi) is 15.8. The highest BCUT2D eigenvalue weighted by atomic mass is 127. The molecule has 2 aromatic rings. The number of benzene rings is 2. The van der Waals surface area contributed by atoms with Crippen LogP contribution in [-0.4, -0.2) is 23.7 Å². The van der Waals surface area contributed by atoms with E-state index < -0.39 is 0 Å². The number of halogens is 6. The maximum Gasteiger partial charge on any atom is 0.0511 e. The van der Waals surface area contributed by atoms with E-state index in [1.165, 1.54) is 56.1 Å². The highest BCUT2D eigenvalue weighted by Crippen LogP contribution is 2.30. The van der Waals surface area contributed by atoms with Crippen LogP contribution >= 0.6 is 109 Å². The summed E-state index contributed by atoms with van der Waals surface area (Å²) in [7, 11) is 0. The molecule has 0 amide bonds. The predicted octanol–water partition coefficient (Wildman–Crippen LogP) is 8.85. The number of rotatable bonds is 4. The molecular weight excluding hydrogens is 842 g/mol. The van der Waals surface area contributed by atoms with Crippen molar-refractivity contribution in [2.75, 3.05) is 34.4 Å². The number of nitrogen functional groups attached to an aromatic ring is 1. The molecule has 156 valence electrons. The monoisotopic (exact) mass is 862 g/mol. The minimum Gasteiger partial charge on any atom is -0.398 e. The Labute approximate surface area is 230 Å². The van der Waals surface area contributed by atoms with Crippen LogP contribution in [0.4, 0.5) is 11.4 Å².